The summed E-state index contributed by atoms with van der Waals surface area (Å²) in [6.45, 7) is 8.35. The SMILES string of the molecule is Cc1nn(C)cc1CN(C)C(Cc1ccccc1)C1CCN(C(=O)Cc2c(C)noc2C)CC1. The first-order valence-corrected chi connectivity index (χ1v) is 12.2. The lowest BCUT2D eigenvalue weighted by Crippen LogP contribution is -2.46. The average molecular weight is 464 g/mol. The van der Waals surface area contributed by atoms with Gasteiger partial charge in [0.25, 0.3) is 0 Å². The summed E-state index contributed by atoms with van der Waals surface area (Å²) in [6.07, 6.45) is 5.54. The van der Waals surface area contributed by atoms with Crippen molar-refractivity contribution in [1.82, 2.24) is 24.7 Å². The lowest BCUT2D eigenvalue weighted by Gasteiger charge is -2.40. The molecule has 0 spiro atoms. The number of likely N-dealkylation sites (tertiary alicyclic amines) is 1. The van der Waals surface area contributed by atoms with E-state index >= 15 is 0 Å². The number of benzene rings is 1. The predicted molar refractivity (Wildman–Crippen MR) is 132 cm³/mol. The van der Waals surface area contributed by atoms with Gasteiger partial charge in [-0.15, -0.1) is 0 Å². The zero-order valence-corrected chi connectivity index (χ0v) is 21.1. The summed E-state index contributed by atoms with van der Waals surface area (Å²) < 4.78 is 7.14. The zero-order chi connectivity index (χ0) is 24.2. The monoisotopic (exact) mass is 463 g/mol. The van der Waals surface area contributed by atoms with Crippen molar-refractivity contribution < 1.29 is 9.32 Å². The van der Waals surface area contributed by atoms with Gasteiger partial charge in [0.2, 0.25) is 5.91 Å². The van der Waals surface area contributed by atoms with Crippen LogP contribution in [0.15, 0.2) is 41.1 Å². The fourth-order valence-corrected chi connectivity index (χ4v) is 5.28. The molecule has 1 atom stereocenters. The van der Waals surface area contributed by atoms with Crippen molar-refractivity contribution in [2.45, 2.75) is 59.0 Å². The Labute approximate surface area is 202 Å². The Morgan fingerprint density at radius 1 is 1.15 bits per heavy atom. The zero-order valence-electron chi connectivity index (χ0n) is 21.1. The van der Waals surface area contributed by atoms with Crippen molar-refractivity contribution in [3.63, 3.8) is 0 Å². The number of rotatable bonds is 8. The second-order valence-corrected chi connectivity index (χ2v) is 9.78. The molecule has 182 valence electrons. The molecule has 7 heteroatoms. The molecule has 1 aliphatic heterocycles. The number of carbonyl (C=O) groups is 1. The molecule has 3 heterocycles. The van der Waals surface area contributed by atoms with Crippen LogP contribution in [0.1, 0.15) is 46.7 Å². The second-order valence-electron chi connectivity index (χ2n) is 9.78. The highest BCUT2D eigenvalue weighted by Gasteiger charge is 2.31. The van der Waals surface area contributed by atoms with Gasteiger partial charge in [-0.3, -0.25) is 14.4 Å². The molecular formula is C27H37N5O2. The van der Waals surface area contributed by atoms with Crippen LogP contribution < -0.4 is 0 Å². The number of amides is 1. The maximum Gasteiger partial charge on any atom is 0.227 e. The first-order valence-electron chi connectivity index (χ1n) is 12.2. The topological polar surface area (TPSA) is 67.4 Å². The quantitative estimate of drug-likeness (QED) is 0.508. The van der Waals surface area contributed by atoms with Crippen LogP contribution in [0, 0.1) is 26.7 Å². The largest absolute Gasteiger partial charge is 0.361 e. The van der Waals surface area contributed by atoms with Crippen molar-refractivity contribution in [2.24, 2.45) is 13.0 Å². The third-order valence-corrected chi connectivity index (χ3v) is 7.33. The van der Waals surface area contributed by atoms with Crippen LogP contribution in [0.3, 0.4) is 0 Å². The minimum atomic E-state index is 0.173. The molecule has 0 N–H and O–H groups in total. The molecule has 1 saturated heterocycles. The number of carbonyl (C=O) groups excluding carboxylic acids is 1. The van der Waals surface area contributed by atoms with Gasteiger partial charge in [-0.05, 0) is 58.6 Å². The van der Waals surface area contributed by atoms with E-state index in [1.54, 1.807) is 0 Å². The lowest BCUT2D eigenvalue weighted by molar-refractivity contribution is -0.132. The summed E-state index contributed by atoms with van der Waals surface area (Å²) >= 11 is 0. The molecule has 7 nitrogen and oxygen atoms in total. The van der Waals surface area contributed by atoms with E-state index in [0.717, 1.165) is 61.6 Å². The van der Waals surface area contributed by atoms with E-state index in [1.807, 2.05) is 30.5 Å². The molecule has 4 rings (SSSR count). The van der Waals surface area contributed by atoms with E-state index in [0.29, 0.717) is 18.4 Å². The van der Waals surface area contributed by atoms with E-state index in [9.17, 15) is 4.79 Å². The Bertz CT molecular complexity index is 1080. The number of hydrogen-bond donors (Lipinski definition) is 0. The summed E-state index contributed by atoms with van der Waals surface area (Å²) in [6, 6.07) is 11.2. The minimum absolute atomic E-state index is 0.173. The van der Waals surface area contributed by atoms with Gasteiger partial charge >= 0.3 is 0 Å². The third kappa shape index (κ3) is 5.58. The van der Waals surface area contributed by atoms with Crippen LogP contribution in [0.5, 0.6) is 0 Å². The molecule has 1 aliphatic rings. The number of nitrogens with zero attached hydrogens (tertiary/aromatic N) is 5. The van der Waals surface area contributed by atoms with Gasteiger partial charge in [0.1, 0.15) is 5.76 Å². The third-order valence-electron chi connectivity index (χ3n) is 7.33. The van der Waals surface area contributed by atoms with Gasteiger partial charge in [-0.2, -0.15) is 5.10 Å². The van der Waals surface area contributed by atoms with Crippen molar-refractivity contribution in [3.05, 3.63) is 70.4 Å². The normalized spacial score (nSPS) is 15.8. The van der Waals surface area contributed by atoms with E-state index in [1.165, 1.54) is 11.1 Å². The molecule has 0 radical (unpaired) electrons. The number of likely N-dealkylation sites (N-methyl/N-ethyl adjacent to an activating group) is 1. The molecule has 34 heavy (non-hydrogen) atoms. The molecule has 3 aromatic rings. The Morgan fingerprint density at radius 3 is 2.44 bits per heavy atom. The van der Waals surface area contributed by atoms with Crippen molar-refractivity contribution in [3.8, 4) is 0 Å². The molecule has 1 unspecified atom stereocenters. The Morgan fingerprint density at radius 2 is 1.85 bits per heavy atom. The average Bonchev–Trinajstić information content (AvgIpc) is 3.32. The standard InChI is InChI=1S/C27H37N5O2/c1-19-24(18-31(5)28-19)17-30(4)26(15-22-9-7-6-8-10-22)23-11-13-32(14-12-23)27(33)16-25-20(2)29-34-21(25)3/h6-10,18,23,26H,11-17H2,1-5H3. The maximum absolute atomic E-state index is 13.0. The Hall–Kier alpha value is -2.93. The van der Waals surface area contributed by atoms with Crippen LogP contribution >= 0.6 is 0 Å². The summed E-state index contributed by atoms with van der Waals surface area (Å²) in [7, 11) is 4.21. The maximum atomic E-state index is 13.0. The van der Waals surface area contributed by atoms with Crippen LogP contribution in [-0.4, -0.2) is 56.8 Å². The molecule has 1 fully saturated rings. The number of hydrogen-bond acceptors (Lipinski definition) is 5. The molecule has 0 bridgehead atoms. The smallest absolute Gasteiger partial charge is 0.227 e. The molecular weight excluding hydrogens is 426 g/mol. The molecule has 1 aromatic carbocycles. The number of piperidine rings is 1. The number of aryl methyl sites for hydroxylation is 4. The van der Waals surface area contributed by atoms with Crippen LogP contribution in [0.4, 0.5) is 0 Å². The van der Waals surface area contributed by atoms with Crippen LogP contribution in [-0.2, 0) is 31.2 Å². The van der Waals surface area contributed by atoms with E-state index in [2.05, 4.69) is 65.7 Å². The van der Waals surface area contributed by atoms with Gasteiger partial charge in [-0.1, -0.05) is 35.5 Å². The van der Waals surface area contributed by atoms with Crippen molar-refractivity contribution in [2.75, 3.05) is 20.1 Å². The van der Waals surface area contributed by atoms with Gasteiger partial charge in [-0.25, -0.2) is 0 Å². The van der Waals surface area contributed by atoms with Gasteiger partial charge in [0.15, 0.2) is 0 Å². The summed E-state index contributed by atoms with van der Waals surface area (Å²) in [5, 5.41) is 8.52. The summed E-state index contributed by atoms with van der Waals surface area (Å²) in [5.74, 6) is 1.45. The van der Waals surface area contributed by atoms with Crippen molar-refractivity contribution >= 4 is 5.91 Å². The van der Waals surface area contributed by atoms with E-state index in [4.69, 9.17) is 4.52 Å². The van der Waals surface area contributed by atoms with Crippen LogP contribution in [0.2, 0.25) is 0 Å². The minimum Gasteiger partial charge on any atom is -0.361 e. The fraction of sp³-hybridized carbons (Fsp3) is 0.519. The fourth-order valence-electron chi connectivity index (χ4n) is 5.28. The molecule has 0 aliphatic carbocycles. The molecule has 0 saturated carbocycles. The van der Waals surface area contributed by atoms with Gasteiger partial charge in [0.05, 0.1) is 17.8 Å². The molecule has 2 aromatic heterocycles. The highest BCUT2D eigenvalue weighted by Crippen LogP contribution is 2.28. The first-order chi connectivity index (χ1) is 16.3. The van der Waals surface area contributed by atoms with Crippen LogP contribution in [0.25, 0.3) is 0 Å². The second kappa shape index (κ2) is 10.6. The highest BCUT2D eigenvalue weighted by atomic mass is 16.5. The van der Waals surface area contributed by atoms with E-state index < -0.39 is 0 Å². The van der Waals surface area contributed by atoms with Crippen molar-refractivity contribution in [1.29, 1.82) is 0 Å². The number of aromatic nitrogens is 3. The lowest BCUT2D eigenvalue weighted by atomic mass is 9.84. The van der Waals surface area contributed by atoms with E-state index in [-0.39, 0.29) is 5.91 Å². The molecule has 1 amide bonds. The Balaban J connectivity index is 1.43. The van der Waals surface area contributed by atoms with Gasteiger partial charge < -0.3 is 9.42 Å². The predicted octanol–water partition coefficient (Wildman–Crippen LogP) is 3.86. The first kappa shape index (κ1) is 24.2. The summed E-state index contributed by atoms with van der Waals surface area (Å²) in [5.41, 5.74) is 5.47. The highest BCUT2D eigenvalue weighted by molar-refractivity contribution is 5.79. The Kier molecular flexibility index (Phi) is 7.51. The van der Waals surface area contributed by atoms with Gasteiger partial charge in [0, 0.05) is 50.0 Å². The summed E-state index contributed by atoms with van der Waals surface area (Å²) in [4.78, 5) is 17.5.